The fourth-order valence-electron chi connectivity index (χ4n) is 3.21. The van der Waals surface area contributed by atoms with Gasteiger partial charge in [-0.3, -0.25) is 14.6 Å². The number of halogens is 7. The molecular weight excluding hydrogens is 564 g/mol. The third kappa shape index (κ3) is 7.64. The SMILES string of the molecule is [B]C([B])([B])Oc1c(Oc2ccc(C(F)F)c(F)c2C(=O)Nc2cc(C(N)=O)ncc2C)ccc(OC(F)(F)F)c1F. The van der Waals surface area contributed by atoms with Crippen molar-refractivity contribution >= 4 is 41.0 Å². The van der Waals surface area contributed by atoms with Crippen LogP contribution in [0.1, 0.15) is 38.4 Å². The van der Waals surface area contributed by atoms with Crippen molar-refractivity contribution in [1.82, 2.24) is 4.98 Å². The zero-order chi connectivity index (χ0) is 30.9. The summed E-state index contributed by atoms with van der Waals surface area (Å²) in [6.45, 7) is 1.42. The average Bonchev–Trinajstić information content (AvgIpc) is 2.82. The van der Waals surface area contributed by atoms with Crippen molar-refractivity contribution in [2.24, 2.45) is 5.73 Å². The van der Waals surface area contributed by atoms with Crippen LogP contribution >= 0.6 is 0 Å². The molecule has 1 aromatic heterocycles. The molecule has 18 heteroatoms. The highest BCUT2D eigenvalue weighted by molar-refractivity contribution is 6.58. The number of hydrogen-bond donors (Lipinski definition) is 2. The highest BCUT2D eigenvalue weighted by atomic mass is 19.4. The molecule has 0 saturated carbocycles. The van der Waals surface area contributed by atoms with Gasteiger partial charge in [-0.15, -0.1) is 13.2 Å². The largest absolute Gasteiger partial charge is 0.573 e. The van der Waals surface area contributed by atoms with Gasteiger partial charge in [0.2, 0.25) is 5.82 Å². The van der Waals surface area contributed by atoms with Gasteiger partial charge in [-0.05, 0) is 48.1 Å². The van der Waals surface area contributed by atoms with Crippen LogP contribution < -0.4 is 25.3 Å². The van der Waals surface area contributed by atoms with Crippen molar-refractivity contribution < 1.29 is 54.5 Å². The van der Waals surface area contributed by atoms with Gasteiger partial charge < -0.3 is 25.3 Å². The predicted molar refractivity (Wildman–Crippen MR) is 131 cm³/mol. The van der Waals surface area contributed by atoms with Crippen molar-refractivity contribution in [3.05, 3.63) is 70.5 Å². The number of aryl methyl sites for hydroxylation is 1. The predicted octanol–water partition coefficient (Wildman–Crippen LogP) is 4.14. The first-order chi connectivity index (χ1) is 18.9. The molecule has 0 saturated heterocycles. The summed E-state index contributed by atoms with van der Waals surface area (Å²) in [6.07, 6.45) is -7.64. The molecule has 0 fully saturated rings. The Morgan fingerprint density at radius 2 is 1.59 bits per heavy atom. The quantitative estimate of drug-likeness (QED) is 0.292. The minimum atomic E-state index is -5.36. The Labute approximate surface area is 230 Å². The van der Waals surface area contributed by atoms with Crippen molar-refractivity contribution in [3.8, 4) is 23.0 Å². The second-order valence-corrected chi connectivity index (χ2v) is 8.16. The minimum absolute atomic E-state index is 0.130. The van der Waals surface area contributed by atoms with Gasteiger partial charge >= 0.3 is 6.36 Å². The van der Waals surface area contributed by atoms with Gasteiger partial charge in [0.05, 0.1) is 5.56 Å². The van der Waals surface area contributed by atoms with Crippen LogP contribution in [0.15, 0.2) is 36.5 Å². The third-order valence-corrected chi connectivity index (χ3v) is 4.95. The molecule has 0 aliphatic heterocycles. The Hall–Kier alpha value is -4.37. The van der Waals surface area contributed by atoms with Crippen molar-refractivity contribution in [2.45, 2.75) is 25.0 Å². The molecule has 3 N–H and O–H groups in total. The number of nitrogens with one attached hydrogen (secondary N) is 1. The summed E-state index contributed by atoms with van der Waals surface area (Å²) in [7, 11) is 15.8. The Kier molecular flexibility index (Phi) is 8.84. The molecule has 8 nitrogen and oxygen atoms in total. The number of primary amides is 1. The Bertz CT molecular complexity index is 1500. The molecule has 0 bridgehead atoms. The van der Waals surface area contributed by atoms with Crippen LogP contribution in [0.2, 0.25) is 0 Å². The van der Waals surface area contributed by atoms with Crippen LogP contribution in [-0.4, -0.2) is 52.0 Å². The zero-order valence-electron chi connectivity index (χ0n) is 20.5. The molecular formula is C23H13B3F7N3O5. The van der Waals surface area contributed by atoms with Crippen LogP contribution in [-0.2, 0) is 0 Å². The van der Waals surface area contributed by atoms with Crippen LogP contribution in [0.4, 0.5) is 36.4 Å². The monoisotopic (exact) mass is 577 g/mol. The van der Waals surface area contributed by atoms with E-state index in [0.29, 0.717) is 24.3 Å². The van der Waals surface area contributed by atoms with E-state index in [0.717, 1.165) is 12.3 Å². The fraction of sp³-hybridized carbons (Fsp3) is 0.174. The van der Waals surface area contributed by atoms with Crippen LogP contribution in [0.3, 0.4) is 0 Å². The molecule has 3 aromatic rings. The molecule has 6 radical (unpaired) electrons. The van der Waals surface area contributed by atoms with Gasteiger partial charge in [-0.25, -0.2) is 13.2 Å². The fourth-order valence-corrected chi connectivity index (χ4v) is 3.21. The van der Waals surface area contributed by atoms with E-state index in [1.54, 1.807) is 0 Å². The highest BCUT2D eigenvalue weighted by Gasteiger charge is 2.35. The van der Waals surface area contributed by atoms with Gasteiger partial charge in [0.25, 0.3) is 18.2 Å². The molecule has 208 valence electrons. The number of alkyl halides is 5. The molecule has 0 spiro atoms. The van der Waals surface area contributed by atoms with E-state index in [4.69, 9.17) is 38.7 Å². The van der Waals surface area contributed by atoms with E-state index in [2.05, 4.69) is 15.0 Å². The van der Waals surface area contributed by atoms with Gasteiger partial charge in [-0.2, -0.15) is 4.39 Å². The van der Waals surface area contributed by atoms with E-state index < -0.39 is 75.7 Å². The number of carbonyl (C=O) groups excluding carboxylic acids is 2. The number of pyridine rings is 1. The average molecular weight is 577 g/mol. The van der Waals surface area contributed by atoms with Crippen molar-refractivity contribution in [1.29, 1.82) is 0 Å². The second kappa shape index (κ2) is 11.6. The lowest BCUT2D eigenvalue weighted by Gasteiger charge is -2.26. The zero-order valence-corrected chi connectivity index (χ0v) is 20.5. The van der Waals surface area contributed by atoms with E-state index in [-0.39, 0.29) is 16.9 Å². The lowest BCUT2D eigenvalue weighted by molar-refractivity contribution is -0.275. The number of rotatable bonds is 9. The van der Waals surface area contributed by atoms with E-state index in [9.17, 15) is 35.9 Å². The van der Waals surface area contributed by atoms with Crippen LogP contribution in [0.5, 0.6) is 23.0 Å². The standard InChI is InChI=1S/C23H13B3F7N3O5/c1-8-7-35-11(20(34)37)6-10(8)36-21(38)15-12(3-2-9(16(15)27)19(29)30)39-14-5-4-13(40-23(31,32)33)17(28)18(14)41-22(24,25)26/h2-7,19H,1H3,(H2,34,37)(H,35,36,38). The molecule has 0 aliphatic carbocycles. The highest BCUT2D eigenvalue weighted by Crippen LogP contribution is 2.42. The maximum atomic E-state index is 15.2. The smallest absolute Gasteiger partial charge is 0.510 e. The van der Waals surface area contributed by atoms with Gasteiger partial charge in [0, 0.05) is 11.9 Å². The van der Waals surface area contributed by atoms with Gasteiger partial charge in [-0.1, -0.05) is 0 Å². The number of benzene rings is 2. The Balaban J connectivity index is 2.15. The molecule has 41 heavy (non-hydrogen) atoms. The summed E-state index contributed by atoms with van der Waals surface area (Å²) in [4.78, 5) is 28.3. The number of ether oxygens (including phenoxy) is 3. The number of anilines is 1. The molecule has 2 amide bonds. The number of aromatic nitrogens is 1. The summed E-state index contributed by atoms with van der Waals surface area (Å²) < 4.78 is 109. The number of nitrogens with zero attached hydrogens (tertiary/aromatic N) is 1. The number of carbonyl (C=O) groups is 2. The Morgan fingerprint density at radius 1 is 0.976 bits per heavy atom. The third-order valence-electron chi connectivity index (χ3n) is 4.95. The molecule has 0 unspecified atom stereocenters. The molecule has 3 rings (SSSR count). The minimum Gasteiger partial charge on any atom is -0.510 e. The number of nitrogens with two attached hydrogens (primary N) is 1. The van der Waals surface area contributed by atoms with E-state index in [1.165, 1.54) is 6.92 Å². The van der Waals surface area contributed by atoms with E-state index in [1.807, 2.05) is 0 Å². The first-order valence-corrected chi connectivity index (χ1v) is 10.9. The molecule has 0 aliphatic rings. The Morgan fingerprint density at radius 3 is 2.15 bits per heavy atom. The first kappa shape index (κ1) is 31.2. The van der Waals surface area contributed by atoms with Gasteiger partial charge in [0.1, 0.15) is 46.4 Å². The number of amides is 2. The molecule has 1 heterocycles. The lowest BCUT2D eigenvalue weighted by Crippen LogP contribution is -2.38. The van der Waals surface area contributed by atoms with Crippen molar-refractivity contribution in [2.75, 3.05) is 5.32 Å². The summed E-state index contributed by atoms with van der Waals surface area (Å²) in [6, 6.07) is 3.29. The van der Waals surface area contributed by atoms with Gasteiger partial charge in [0.15, 0.2) is 17.2 Å². The normalized spacial score (nSPS) is 11.7. The number of hydrogen-bond acceptors (Lipinski definition) is 6. The summed E-state index contributed by atoms with van der Waals surface area (Å²) >= 11 is 0. The van der Waals surface area contributed by atoms with Crippen LogP contribution in [0.25, 0.3) is 0 Å². The topological polar surface area (TPSA) is 113 Å². The van der Waals surface area contributed by atoms with Crippen molar-refractivity contribution in [3.63, 3.8) is 0 Å². The summed E-state index contributed by atoms with van der Waals surface area (Å²) in [5, 5.41) is -0.518. The second-order valence-electron chi connectivity index (χ2n) is 8.16. The maximum Gasteiger partial charge on any atom is 0.573 e. The van der Waals surface area contributed by atoms with E-state index >= 15 is 4.39 Å². The first-order valence-electron chi connectivity index (χ1n) is 10.9. The molecule has 0 atom stereocenters. The lowest BCUT2D eigenvalue weighted by atomic mass is 9.52. The maximum absolute atomic E-state index is 15.2. The van der Waals surface area contributed by atoms with Crippen LogP contribution in [0, 0.1) is 18.6 Å². The summed E-state index contributed by atoms with van der Waals surface area (Å²) in [5.74, 6) is -10.5. The summed E-state index contributed by atoms with van der Waals surface area (Å²) in [5.41, 5.74) is 2.55. The molecule has 2 aromatic carbocycles.